The fraction of sp³-hybridized carbons (Fsp3) is 1.00. The summed E-state index contributed by atoms with van der Waals surface area (Å²) >= 11 is 0. The van der Waals surface area contributed by atoms with E-state index in [0.29, 0.717) is 0 Å². The molecule has 0 N–H and O–H groups in total. The Morgan fingerprint density at radius 3 is 1.85 bits per heavy atom. The molecule has 0 aromatic rings. The highest BCUT2D eigenvalue weighted by Crippen LogP contribution is 2.28. The zero-order valence-electron chi connectivity index (χ0n) is 14.8. The Balaban J connectivity index is 0.000000200. The van der Waals surface area contributed by atoms with Crippen LogP contribution < -0.4 is 0 Å². The van der Waals surface area contributed by atoms with Crippen LogP contribution in [0.4, 0.5) is 0 Å². The molecular weight excluding hydrogens is 242 g/mol. The summed E-state index contributed by atoms with van der Waals surface area (Å²) in [5, 5.41) is 0. The van der Waals surface area contributed by atoms with E-state index < -0.39 is 0 Å². The average molecular weight is 282 g/mol. The molecule has 1 heteroatoms. The third-order valence-electron chi connectivity index (χ3n) is 5.24. The van der Waals surface area contributed by atoms with Crippen LogP contribution >= 0.6 is 0 Å². The van der Waals surface area contributed by atoms with Gasteiger partial charge >= 0.3 is 0 Å². The third kappa shape index (κ3) is 7.67. The predicted octanol–water partition coefficient (Wildman–Crippen LogP) is 5.60. The second kappa shape index (κ2) is 9.82. The minimum absolute atomic E-state index is 0.897. The summed E-state index contributed by atoms with van der Waals surface area (Å²) in [6, 6.07) is 0. The van der Waals surface area contributed by atoms with Gasteiger partial charge < -0.3 is 4.90 Å². The Morgan fingerprint density at radius 2 is 1.40 bits per heavy atom. The number of rotatable bonds is 3. The van der Waals surface area contributed by atoms with Crippen molar-refractivity contribution in [3.63, 3.8) is 0 Å². The second-order valence-electron chi connectivity index (χ2n) is 8.02. The van der Waals surface area contributed by atoms with Gasteiger partial charge in [-0.1, -0.05) is 59.8 Å². The normalized spacial score (nSPS) is 22.9. The lowest BCUT2D eigenvalue weighted by atomic mass is 9.84. The molecule has 2 rings (SSSR count). The molecule has 20 heavy (non-hydrogen) atoms. The standard InChI is InChI=1S/C10H20.C9H19N/c1-9(2)8-10-6-4-3-5-7-10;1-8(2)9-4-6-10(3)7-5-9/h9-10H,3-8H2,1-2H3;8-9H,4-7H2,1-3H3. The molecule has 2 fully saturated rings. The number of hydrogen-bond donors (Lipinski definition) is 0. The van der Waals surface area contributed by atoms with Crippen LogP contribution in [0, 0.1) is 23.7 Å². The van der Waals surface area contributed by atoms with Crippen LogP contribution in [-0.2, 0) is 0 Å². The summed E-state index contributed by atoms with van der Waals surface area (Å²) in [4.78, 5) is 2.43. The first-order valence-electron chi connectivity index (χ1n) is 9.17. The van der Waals surface area contributed by atoms with Crippen molar-refractivity contribution in [2.45, 2.75) is 79.1 Å². The molecular formula is C19H39N. The molecule has 1 saturated carbocycles. The van der Waals surface area contributed by atoms with Crippen molar-refractivity contribution < 1.29 is 0 Å². The Labute approximate surface area is 128 Å². The average Bonchev–Trinajstić information content (AvgIpc) is 2.40. The van der Waals surface area contributed by atoms with Crippen molar-refractivity contribution >= 4 is 0 Å². The largest absolute Gasteiger partial charge is 0.306 e. The number of likely N-dealkylation sites (tertiary alicyclic amines) is 1. The Morgan fingerprint density at radius 1 is 0.850 bits per heavy atom. The van der Waals surface area contributed by atoms with Crippen LogP contribution in [0.3, 0.4) is 0 Å². The first kappa shape index (κ1) is 18.0. The topological polar surface area (TPSA) is 3.24 Å². The van der Waals surface area contributed by atoms with E-state index in [2.05, 4.69) is 39.6 Å². The van der Waals surface area contributed by atoms with Gasteiger partial charge in [-0.25, -0.2) is 0 Å². The van der Waals surface area contributed by atoms with Gasteiger partial charge in [0, 0.05) is 0 Å². The van der Waals surface area contributed by atoms with Crippen molar-refractivity contribution in [3.8, 4) is 0 Å². The maximum atomic E-state index is 2.43. The first-order valence-corrected chi connectivity index (χ1v) is 9.17. The van der Waals surface area contributed by atoms with Crippen LogP contribution in [0.15, 0.2) is 0 Å². The number of piperidine rings is 1. The van der Waals surface area contributed by atoms with Crippen molar-refractivity contribution in [1.29, 1.82) is 0 Å². The fourth-order valence-electron chi connectivity index (χ4n) is 3.78. The van der Waals surface area contributed by atoms with E-state index in [4.69, 9.17) is 0 Å². The zero-order valence-corrected chi connectivity index (χ0v) is 14.8. The van der Waals surface area contributed by atoms with Crippen molar-refractivity contribution in [3.05, 3.63) is 0 Å². The summed E-state index contributed by atoms with van der Waals surface area (Å²) in [5.41, 5.74) is 0. The van der Waals surface area contributed by atoms with E-state index in [1.807, 2.05) is 0 Å². The van der Waals surface area contributed by atoms with Gasteiger partial charge in [0.05, 0.1) is 0 Å². The molecule has 2 aliphatic rings. The molecule has 1 aliphatic heterocycles. The van der Waals surface area contributed by atoms with E-state index in [1.165, 1.54) is 64.5 Å². The Kier molecular flexibility index (Phi) is 8.84. The van der Waals surface area contributed by atoms with Crippen molar-refractivity contribution in [2.24, 2.45) is 23.7 Å². The molecule has 0 amide bonds. The molecule has 120 valence electrons. The van der Waals surface area contributed by atoms with Crippen LogP contribution in [0.25, 0.3) is 0 Å². The van der Waals surface area contributed by atoms with E-state index in [1.54, 1.807) is 0 Å². The molecule has 0 unspecified atom stereocenters. The molecule has 0 bridgehead atoms. The van der Waals surface area contributed by atoms with Crippen molar-refractivity contribution in [1.82, 2.24) is 4.90 Å². The fourth-order valence-corrected chi connectivity index (χ4v) is 3.78. The van der Waals surface area contributed by atoms with Gasteiger partial charge in [0.2, 0.25) is 0 Å². The summed E-state index contributed by atoms with van der Waals surface area (Å²) in [7, 11) is 2.22. The van der Waals surface area contributed by atoms with Crippen LogP contribution in [0.2, 0.25) is 0 Å². The van der Waals surface area contributed by atoms with E-state index >= 15 is 0 Å². The lowest BCUT2D eigenvalue weighted by Crippen LogP contribution is -2.32. The highest BCUT2D eigenvalue weighted by molar-refractivity contribution is 4.71. The summed E-state index contributed by atoms with van der Waals surface area (Å²) in [6.07, 6.45) is 11.8. The lowest BCUT2D eigenvalue weighted by molar-refractivity contribution is 0.185. The van der Waals surface area contributed by atoms with Gasteiger partial charge in [-0.2, -0.15) is 0 Å². The van der Waals surface area contributed by atoms with Crippen LogP contribution in [0.5, 0.6) is 0 Å². The quantitative estimate of drug-likeness (QED) is 0.651. The molecule has 0 atom stereocenters. The maximum absolute atomic E-state index is 2.43. The van der Waals surface area contributed by atoms with Gasteiger partial charge in [-0.05, 0) is 63.1 Å². The molecule has 1 saturated heterocycles. The molecule has 1 nitrogen and oxygen atoms in total. The molecule has 1 aliphatic carbocycles. The van der Waals surface area contributed by atoms with Gasteiger partial charge in [-0.15, -0.1) is 0 Å². The second-order valence-corrected chi connectivity index (χ2v) is 8.02. The van der Waals surface area contributed by atoms with E-state index in [-0.39, 0.29) is 0 Å². The Bertz CT molecular complexity index is 220. The van der Waals surface area contributed by atoms with Crippen LogP contribution in [0.1, 0.15) is 79.1 Å². The van der Waals surface area contributed by atoms with Gasteiger partial charge in [0.25, 0.3) is 0 Å². The highest BCUT2D eigenvalue weighted by atomic mass is 15.1. The highest BCUT2D eigenvalue weighted by Gasteiger charge is 2.18. The molecule has 0 radical (unpaired) electrons. The smallest absolute Gasteiger partial charge is 0.00190 e. The van der Waals surface area contributed by atoms with E-state index in [9.17, 15) is 0 Å². The minimum atomic E-state index is 0.897. The third-order valence-corrected chi connectivity index (χ3v) is 5.24. The SMILES string of the molecule is CC(C)C1CCN(C)CC1.CC(C)CC1CCCCC1. The van der Waals surface area contributed by atoms with Crippen LogP contribution in [-0.4, -0.2) is 25.0 Å². The van der Waals surface area contributed by atoms with E-state index in [0.717, 1.165) is 23.7 Å². The van der Waals surface area contributed by atoms with Crippen molar-refractivity contribution in [2.75, 3.05) is 20.1 Å². The number of hydrogen-bond acceptors (Lipinski definition) is 1. The van der Waals surface area contributed by atoms with Gasteiger partial charge in [0.1, 0.15) is 0 Å². The number of nitrogens with zero attached hydrogens (tertiary/aromatic N) is 1. The predicted molar refractivity (Wildman–Crippen MR) is 91.1 cm³/mol. The molecule has 0 spiro atoms. The van der Waals surface area contributed by atoms with Gasteiger partial charge in [-0.3, -0.25) is 0 Å². The van der Waals surface area contributed by atoms with Gasteiger partial charge in [0.15, 0.2) is 0 Å². The minimum Gasteiger partial charge on any atom is -0.306 e. The zero-order chi connectivity index (χ0) is 15.0. The summed E-state index contributed by atoms with van der Waals surface area (Å²) in [5.74, 6) is 3.89. The summed E-state index contributed by atoms with van der Waals surface area (Å²) < 4.78 is 0. The monoisotopic (exact) mass is 281 g/mol. The molecule has 0 aromatic heterocycles. The lowest BCUT2D eigenvalue weighted by Gasteiger charge is -2.31. The molecule has 1 heterocycles. The maximum Gasteiger partial charge on any atom is -0.00190 e. The first-order chi connectivity index (χ1) is 9.49. The Hall–Kier alpha value is -0.0400. The summed E-state index contributed by atoms with van der Waals surface area (Å²) in [6.45, 7) is 12.0. The molecule has 0 aromatic carbocycles.